The highest BCUT2D eigenvalue weighted by molar-refractivity contribution is 5.79. The lowest BCUT2D eigenvalue weighted by Crippen LogP contribution is -2.45. The SMILES string of the molecule is O=C(NC1CCCCC1)C1CCN(C(=O)O)CC1. The highest BCUT2D eigenvalue weighted by Crippen LogP contribution is 2.21. The molecule has 1 aliphatic heterocycles. The van der Waals surface area contributed by atoms with E-state index in [2.05, 4.69) is 5.32 Å². The van der Waals surface area contributed by atoms with E-state index in [1.165, 1.54) is 24.2 Å². The number of nitrogens with zero attached hydrogens (tertiary/aromatic N) is 1. The van der Waals surface area contributed by atoms with Crippen molar-refractivity contribution >= 4 is 12.0 Å². The van der Waals surface area contributed by atoms with Crippen LogP contribution in [0.3, 0.4) is 0 Å². The summed E-state index contributed by atoms with van der Waals surface area (Å²) < 4.78 is 0. The average Bonchev–Trinajstić information content (AvgIpc) is 2.40. The van der Waals surface area contributed by atoms with Gasteiger partial charge in [0.25, 0.3) is 0 Å². The number of nitrogens with one attached hydrogen (secondary N) is 1. The Bertz CT molecular complexity index is 305. The summed E-state index contributed by atoms with van der Waals surface area (Å²) in [6, 6.07) is 0.351. The van der Waals surface area contributed by atoms with Gasteiger partial charge in [0.1, 0.15) is 0 Å². The van der Waals surface area contributed by atoms with Gasteiger partial charge in [0, 0.05) is 25.0 Å². The molecule has 0 unspecified atom stereocenters. The molecule has 102 valence electrons. The molecule has 0 bridgehead atoms. The number of carbonyl (C=O) groups excluding carboxylic acids is 1. The zero-order valence-corrected chi connectivity index (χ0v) is 10.7. The summed E-state index contributed by atoms with van der Waals surface area (Å²) in [6.45, 7) is 0.968. The van der Waals surface area contributed by atoms with Gasteiger partial charge in [-0.1, -0.05) is 19.3 Å². The molecule has 2 fully saturated rings. The molecule has 2 rings (SSSR count). The molecule has 2 amide bonds. The lowest BCUT2D eigenvalue weighted by atomic mass is 9.92. The standard InChI is InChI=1S/C13H22N2O3/c16-12(14-11-4-2-1-3-5-11)10-6-8-15(9-7-10)13(17)18/h10-11H,1-9H2,(H,14,16)(H,17,18). The van der Waals surface area contributed by atoms with E-state index < -0.39 is 6.09 Å². The third kappa shape index (κ3) is 3.37. The normalized spacial score (nSPS) is 22.8. The molecule has 0 atom stereocenters. The van der Waals surface area contributed by atoms with E-state index in [4.69, 9.17) is 5.11 Å². The van der Waals surface area contributed by atoms with Crippen LogP contribution in [0.2, 0.25) is 0 Å². The van der Waals surface area contributed by atoms with Crippen LogP contribution in [-0.4, -0.2) is 41.1 Å². The van der Waals surface area contributed by atoms with Gasteiger partial charge in [0.15, 0.2) is 0 Å². The summed E-state index contributed by atoms with van der Waals surface area (Å²) in [4.78, 5) is 24.2. The Labute approximate surface area is 108 Å². The maximum absolute atomic E-state index is 12.1. The number of carbonyl (C=O) groups is 2. The molecule has 0 aromatic heterocycles. The number of amides is 2. The van der Waals surface area contributed by atoms with Crippen molar-refractivity contribution in [1.82, 2.24) is 10.2 Å². The highest BCUT2D eigenvalue weighted by Gasteiger charge is 2.28. The molecule has 5 nitrogen and oxygen atoms in total. The van der Waals surface area contributed by atoms with Crippen LogP contribution < -0.4 is 5.32 Å². The summed E-state index contributed by atoms with van der Waals surface area (Å²) in [6.07, 6.45) is 6.34. The first-order valence-electron chi connectivity index (χ1n) is 6.95. The maximum Gasteiger partial charge on any atom is 0.407 e. The van der Waals surface area contributed by atoms with Gasteiger partial charge in [-0.25, -0.2) is 4.79 Å². The third-order valence-electron chi connectivity index (χ3n) is 4.09. The van der Waals surface area contributed by atoms with Crippen molar-refractivity contribution in [1.29, 1.82) is 0 Å². The van der Waals surface area contributed by atoms with Crippen molar-refractivity contribution in [2.24, 2.45) is 5.92 Å². The van der Waals surface area contributed by atoms with E-state index in [1.54, 1.807) is 0 Å². The van der Waals surface area contributed by atoms with E-state index in [1.807, 2.05) is 0 Å². The van der Waals surface area contributed by atoms with Crippen LogP contribution in [0.5, 0.6) is 0 Å². The monoisotopic (exact) mass is 254 g/mol. The number of carboxylic acid groups (broad SMARTS) is 1. The second kappa shape index (κ2) is 6.07. The van der Waals surface area contributed by atoms with Crippen LogP contribution in [0.4, 0.5) is 4.79 Å². The Morgan fingerprint density at radius 2 is 1.61 bits per heavy atom. The number of hydrogen-bond donors (Lipinski definition) is 2. The predicted octanol–water partition coefficient (Wildman–Crippen LogP) is 1.83. The van der Waals surface area contributed by atoms with E-state index >= 15 is 0 Å². The summed E-state index contributed by atoms with van der Waals surface area (Å²) in [7, 11) is 0. The minimum absolute atomic E-state index is 0.00234. The van der Waals surface area contributed by atoms with Crippen molar-refractivity contribution in [3.05, 3.63) is 0 Å². The Balaban J connectivity index is 1.75. The van der Waals surface area contributed by atoms with Crippen LogP contribution in [0, 0.1) is 5.92 Å². The average molecular weight is 254 g/mol. The minimum Gasteiger partial charge on any atom is -0.465 e. The summed E-state index contributed by atoms with van der Waals surface area (Å²) >= 11 is 0. The Kier molecular flexibility index (Phi) is 4.44. The molecule has 1 aliphatic carbocycles. The zero-order chi connectivity index (χ0) is 13.0. The molecular weight excluding hydrogens is 232 g/mol. The molecule has 2 N–H and O–H groups in total. The van der Waals surface area contributed by atoms with Gasteiger partial charge in [-0.2, -0.15) is 0 Å². The first kappa shape index (κ1) is 13.2. The molecule has 1 saturated carbocycles. The smallest absolute Gasteiger partial charge is 0.407 e. The number of hydrogen-bond acceptors (Lipinski definition) is 2. The van der Waals surface area contributed by atoms with Gasteiger partial charge < -0.3 is 15.3 Å². The Morgan fingerprint density at radius 1 is 1.00 bits per heavy atom. The highest BCUT2D eigenvalue weighted by atomic mass is 16.4. The summed E-state index contributed by atoms with van der Waals surface area (Å²) in [5.74, 6) is 0.134. The molecule has 0 radical (unpaired) electrons. The summed E-state index contributed by atoms with van der Waals surface area (Å²) in [5.41, 5.74) is 0. The number of piperidine rings is 1. The van der Waals surface area contributed by atoms with Crippen molar-refractivity contribution in [3.8, 4) is 0 Å². The van der Waals surface area contributed by atoms with E-state index in [-0.39, 0.29) is 11.8 Å². The molecule has 0 spiro atoms. The van der Waals surface area contributed by atoms with E-state index in [0.717, 1.165) is 12.8 Å². The van der Waals surface area contributed by atoms with Crippen molar-refractivity contribution in [2.45, 2.75) is 51.0 Å². The molecule has 2 aliphatic rings. The Morgan fingerprint density at radius 3 is 2.17 bits per heavy atom. The Hall–Kier alpha value is -1.26. The fourth-order valence-corrected chi connectivity index (χ4v) is 2.90. The molecule has 5 heteroatoms. The van der Waals surface area contributed by atoms with Crippen molar-refractivity contribution in [3.63, 3.8) is 0 Å². The molecule has 18 heavy (non-hydrogen) atoms. The fourth-order valence-electron chi connectivity index (χ4n) is 2.90. The molecule has 0 aromatic rings. The topological polar surface area (TPSA) is 69.6 Å². The van der Waals surface area contributed by atoms with Gasteiger partial charge in [0.05, 0.1) is 0 Å². The maximum atomic E-state index is 12.1. The van der Waals surface area contributed by atoms with Crippen LogP contribution in [-0.2, 0) is 4.79 Å². The number of likely N-dealkylation sites (tertiary alicyclic amines) is 1. The lowest BCUT2D eigenvalue weighted by molar-refractivity contribution is -0.127. The van der Waals surface area contributed by atoms with Gasteiger partial charge in [-0.3, -0.25) is 4.79 Å². The van der Waals surface area contributed by atoms with Crippen molar-refractivity contribution < 1.29 is 14.7 Å². The van der Waals surface area contributed by atoms with Crippen LogP contribution in [0.1, 0.15) is 44.9 Å². The quantitative estimate of drug-likeness (QED) is 0.789. The van der Waals surface area contributed by atoms with Crippen LogP contribution >= 0.6 is 0 Å². The lowest BCUT2D eigenvalue weighted by Gasteiger charge is -2.31. The molecular formula is C13H22N2O3. The minimum atomic E-state index is -0.874. The van der Waals surface area contributed by atoms with Crippen LogP contribution in [0.25, 0.3) is 0 Å². The van der Waals surface area contributed by atoms with Crippen molar-refractivity contribution in [2.75, 3.05) is 13.1 Å². The van der Waals surface area contributed by atoms with Gasteiger partial charge >= 0.3 is 6.09 Å². The predicted molar refractivity (Wildman–Crippen MR) is 67.3 cm³/mol. The van der Waals surface area contributed by atoms with Crippen LogP contribution in [0.15, 0.2) is 0 Å². The van der Waals surface area contributed by atoms with E-state index in [9.17, 15) is 9.59 Å². The summed E-state index contributed by atoms with van der Waals surface area (Å²) in [5, 5.41) is 12.0. The second-order valence-electron chi connectivity index (χ2n) is 5.39. The first-order valence-corrected chi connectivity index (χ1v) is 6.95. The van der Waals surface area contributed by atoms with Gasteiger partial charge in [0.2, 0.25) is 5.91 Å². The zero-order valence-electron chi connectivity index (χ0n) is 10.7. The fraction of sp³-hybridized carbons (Fsp3) is 0.846. The molecule has 0 aromatic carbocycles. The second-order valence-corrected chi connectivity index (χ2v) is 5.39. The first-order chi connectivity index (χ1) is 8.66. The van der Waals surface area contributed by atoms with Gasteiger partial charge in [-0.05, 0) is 25.7 Å². The van der Waals surface area contributed by atoms with E-state index in [0.29, 0.717) is 32.0 Å². The molecule has 1 saturated heterocycles. The molecule has 1 heterocycles. The number of rotatable bonds is 2. The largest absolute Gasteiger partial charge is 0.465 e. The van der Waals surface area contributed by atoms with Gasteiger partial charge in [-0.15, -0.1) is 0 Å². The third-order valence-corrected chi connectivity index (χ3v) is 4.09.